The van der Waals surface area contributed by atoms with E-state index in [1.54, 1.807) is 30.3 Å². The first-order chi connectivity index (χ1) is 24.1. The molecule has 1 spiro atoms. The summed E-state index contributed by atoms with van der Waals surface area (Å²) >= 11 is 0. The SMILES string of the molecule is O=S1(=O)c2ccccc2Oc2cc(N3c4ccccc4[Si]4(c5ccccc5N(c5ccccc5)c5ccccc54)c4ccccc43)ccc21. The molecule has 3 heterocycles. The smallest absolute Gasteiger partial charge is 0.213 e. The highest BCUT2D eigenvalue weighted by Gasteiger charge is 2.53. The second kappa shape index (κ2) is 10.3. The van der Waals surface area contributed by atoms with Gasteiger partial charge in [-0.1, -0.05) is 103 Å². The van der Waals surface area contributed by atoms with Gasteiger partial charge in [-0.05, 0) is 81.4 Å². The fourth-order valence-electron chi connectivity index (χ4n) is 8.14. The number of ether oxygens (including phenoxy) is 1. The van der Waals surface area contributed by atoms with Gasteiger partial charge in [-0.15, -0.1) is 0 Å². The van der Waals surface area contributed by atoms with Crippen LogP contribution in [0.3, 0.4) is 0 Å². The Morgan fingerprint density at radius 1 is 0.408 bits per heavy atom. The molecule has 10 rings (SSSR count). The van der Waals surface area contributed by atoms with Gasteiger partial charge in [0.2, 0.25) is 9.84 Å². The summed E-state index contributed by atoms with van der Waals surface area (Å²) in [5.74, 6) is 0.673. The number of benzene rings is 7. The van der Waals surface area contributed by atoms with Gasteiger partial charge in [0.15, 0.2) is 8.07 Å². The summed E-state index contributed by atoms with van der Waals surface area (Å²) in [4.78, 5) is 5.04. The van der Waals surface area contributed by atoms with E-state index < -0.39 is 17.9 Å². The van der Waals surface area contributed by atoms with Crippen molar-refractivity contribution >= 4 is 72.8 Å². The molecule has 5 nitrogen and oxygen atoms in total. The maximum absolute atomic E-state index is 13.7. The van der Waals surface area contributed by atoms with Gasteiger partial charge in [0, 0.05) is 40.2 Å². The van der Waals surface area contributed by atoms with E-state index in [1.165, 1.54) is 32.1 Å². The highest BCUT2D eigenvalue weighted by atomic mass is 32.2. The summed E-state index contributed by atoms with van der Waals surface area (Å²) in [6, 6.07) is 58.1. The van der Waals surface area contributed by atoms with Crippen LogP contribution in [-0.4, -0.2) is 16.5 Å². The Morgan fingerprint density at radius 2 is 0.837 bits per heavy atom. The topological polar surface area (TPSA) is 49.9 Å². The fraction of sp³-hybridized carbons (Fsp3) is 0. The lowest BCUT2D eigenvalue weighted by Crippen LogP contribution is -2.79. The molecule has 234 valence electrons. The van der Waals surface area contributed by atoms with Crippen LogP contribution in [0.1, 0.15) is 0 Å². The van der Waals surface area contributed by atoms with Crippen molar-refractivity contribution in [1.82, 2.24) is 0 Å². The monoisotopic (exact) mass is 668 g/mol. The van der Waals surface area contributed by atoms with E-state index in [0.717, 1.165) is 22.7 Å². The first kappa shape index (κ1) is 28.1. The highest BCUT2D eigenvalue weighted by Crippen LogP contribution is 2.48. The van der Waals surface area contributed by atoms with Gasteiger partial charge in [0.05, 0.1) is 0 Å². The second-order valence-corrected chi connectivity index (χ2v) is 18.0. The molecule has 0 radical (unpaired) electrons. The van der Waals surface area contributed by atoms with Crippen molar-refractivity contribution in [3.05, 3.63) is 170 Å². The predicted molar refractivity (Wildman–Crippen MR) is 199 cm³/mol. The summed E-state index contributed by atoms with van der Waals surface area (Å²) < 4.78 is 33.6. The zero-order valence-corrected chi connectivity index (χ0v) is 28.0. The van der Waals surface area contributed by atoms with Crippen molar-refractivity contribution in [3.8, 4) is 11.5 Å². The molecule has 49 heavy (non-hydrogen) atoms. The summed E-state index contributed by atoms with van der Waals surface area (Å²) in [5, 5.41) is 5.21. The van der Waals surface area contributed by atoms with Gasteiger partial charge in [0.25, 0.3) is 0 Å². The van der Waals surface area contributed by atoms with Crippen molar-refractivity contribution in [1.29, 1.82) is 0 Å². The molecule has 0 aliphatic carbocycles. The van der Waals surface area contributed by atoms with Gasteiger partial charge < -0.3 is 14.5 Å². The molecule has 0 saturated heterocycles. The summed E-state index contributed by atoms with van der Waals surface area (Å²) in [6.07, 6.45) is 0. The molecular formula is C42H28N2O3SSi. The highest BCUT2D eigenvalue weighted by molar-refractivity contribution is 7.91. The van der Waals surface area contributed by atoms with Crippen molar-refractivity contribution < 1.29 is 13.2 Å². The van der Waals surface area contributed by atoms with Crippen LogP contribution >= 0.6 is 0 Å². The van der Waals surface area contributed by atoms with E-state index in [-0.39, 0.29) is 9.79 Å². The largest absolute Gasteiger partial charge is 0.455 e. The molecule has 7 aromatic carbocycles. The third kappa shape index (κ3) is 3.77. The molecule has 0 unspecified atom stereocenters. The van der Waals surface area contributed by atoms with E-state index in [4.69, 9.17) is 4.74 Å². The molecule has 7 aromatic rings. The van der Waals surface area contributed by atoms with Crippen LogP contribution in [0.15, 0.2) is 180 Å². The number of hydrogen-bond acceptors (Lipinski definition) is 5. The lowest BCUT2D eigenvalue weighted by atomic mass is 10.1. The molecule has 0 bridgehead atoms. The van der Waals surface area contributed by atoms with E-state index in [1.807, 2.05) is 12.1 Å². The number of nitrogens with zero attached hydrogens (tertiary/aromatic N) is 2. The van der Waals surface area contributed by atoms with Crippen LogP contribution in [0, 0.1) is 0 Å². The lowest BCUT2D eigenvalue weighted by Gasteiger charge is -2.50. The molecule has 0 amide bonds. The fourth-order valence-corrected chi connectivity index (χ4v) is 15.1. The lowest BCUT2D eigenvalue weighted by molar-refractivity contribution is 0.443. The van der Waals surface area contributed by atoms with Crippen LogP contribution < -0.4 is 35.3 Å². The van der Waals surface area contributed by atoms with Crippen molar-refractivity contribution in [2.45, 2.75) is 9.79 Å². The molecule has 0 aromatic heterocycles. The Balaban J connectivity index is 1.25. The molecule has 0 fully saturated rings. The van der Waals surface area contributed by atoms with Crippen molar-refractivity contribution in [2.24, 2.45) is 0 Å². The zero-order valence-electron chi connectivity index (χ0n) is 26.2. The Kier molecular flexibility index (Phi) is 5.92. The summed E-state index contributed by atoms with van der Waals surface area (Å²) in [5.41, 5.74) is 6.47. The third-order valence-corrected chi connectivity index (χ3v) is 16.8. The van der Waals surface area contributed by atoms with Gasteiger partial charge in [-0.3, -0.25) is 0 Å². The van der Waals surface area contributed by atoms with Crippen LogP contribution in [0.25, 0.3) is 0 Å². The Labute approximate surface area is 285 Å². The number of anilines is 6. The first-order valence-corrected chi connectivity index (χ1v) is 19.8. The quantitative estimate of drug-likeness (QED) is 0.178. The maximum Gasteiger partial charge on any atom is 0.213 e. The van der Waals surface area contributed by atoms with Crippen LogP contribution in [0.2, 0.25) is 0 Å². The van der Waals surface area contributed by atoms with Gasteiger partial charge >= 0.3 is 0 Å². The third-order valence-electron chi connectivity index (χ3n) is 10.0. The molecule has 0 N–H and O–H groups in total. The first-order valence-electron chi connectivity index (χ1n) is 16.3. The zero-order chi connectivity index (χ0) is 32.7. The van der Waals surface area contributed by atoms with E-state index in [9.17, 15) is 8.42 Å². The van der Waals surface area contributed by atoms with Crippen molar-refractivity contribution in [2.75, 3.05) is 9.80 Å². The minimum Gasteiger partial charge on any atom is -0.455 e. The number of rotatable bonds is 2. The average molecular weight is 669 g/mol. The van der Waals surface area contributed by atoms with E-state index >= 15 is 0 Å². The van der Waals surface area contributed by atoms with Crippen LogP contribution in [-0.2, 0) is 9.84 Å². The minimum absolute atomic E-state index is 0.176. The molecule has 3 aliphatic heterocycles. The molecule has 0 atom stereocenters. The number of fused-ring (bicyclic) bond motifs is 10. The molecule has 0 saturated carbocycles. The van der Waals surface area contributed by atoms with E-state index in [2.05, 4.69) is 137 Å². The van der Waals surface area contributed by atoms with Crippen LogP contribution in [0.4, 0.5) is 34.1 Å². The normalized spacial score (nSPS) is 15.5. The van der Waals surface area contributed by atoms with E-state index in [0.29, 0.717) is 11.5 Å². The Hall–Kier alpha value is -5.89. The Bertz CT molecular complexity index is 2490. The molecule has 7 heteroatoms. The maximum atomic E-state index is 13.7. The molecule has 3 aliphatic rings. The number of para-hydroxylation sites is 6. The standard InChI is InChI=1S/C42H28N2O3SSi/c45-48(46)37-21-9-8-20-35(37)47-36-28-30(26-27-38(36)48)44-33-18-6-12-24-41(33)49(42-25-13-7-19-34(42)44)39-22-10-4-16-31(39)43(29-14-2-1-3-15-29)32-17-5-11-23-40(32)49/h1-28H. The average Bonchev–Trinajstić information content (AvgIpc) is 3.15. The predicted octanol–water partition coefficient (Wildman–Crippen LogP) is 7.57. The van der Waals surface area contributed by atoms with Gasteiger partial charge in [0.1, 0.15) is 21.3 Å². The van der Waals surface area contributed by atoms with Crippen LogP contribution in [0.5, 0.6) is 11.5 Å². The second-order valence-electron chi connectivity index (χ2n) is 12.5. The van der Waals surface area contributed by atoms with Crippen molar-refractivity contribution in [3.63, 3.8) is 0 Å². The number of sulfone groups is 1. The Morgan fingerprint density at radius 3 is 1.39 bits per heavy atom. The molecular weight excluding hydrogens is 641 g/mol. The van der Waals surface area contributed by atoms with Gasteiger partial charge in [-0.2, -0.15) is 0 Å². The van der Waals surface area contributed by atoms with Gasteiger partial charge in [-0.25, -0.2) is 8.42 Å². The summed E-state index contributed by atoms with van der Waals surface area (Å²) in [6.45, 7) is 0. The minimum atomic E-state index is -3.73. The number of hydrogen-bond donors (Lipinski definition) is 0. The summed E-state index contributed by atoms with van der Waals surface area (Å²) in [7, 11) is -6.64.